The molecule has 0 bridgehead atoms. The second-order valence-electron chi connectivity index (χ2n) is 6.76. The topological polar surface area (TPSA) is 114 Å². The molecule has 4 aromatic rings. The van der Waals surface area contributed by atoms with E-state index in [0.29, 0.717) is 9.39 Å². The van der Waals surface area contributed by atoms with Crippen LogP contribution in [0.4, 0.5) is 18.9 Å². The molecule has 0 spiro atoms. The van der Waals surface area contributed by atoms with Gasteiger partial charge in [-0.1, -0.05) is 6.92 Å². The van der Waals surface area contributed by atoms with Crippen molar-refractivity contribution in [3.05, 3.63) is 52.4 Å². The van der Waals surface area contributed by atoms with Gasteiger partial charge < -0.3 is 10.4 Å². The number of fused-ring (bicyclic) bond motifs is 1. The zero-order chi connectivity index (χ0) is 23.2. The summed E-state index contributed by atoms with van der Waals surface area (Å²) in [5.41, 5.74) is -2.10. The van der Waals surface area contributed by atoms with E-state index in [1.807, 2.05) is 6.92 Å². The molecule has 0 aliphatic heterocycles. The van der Waals surface area contributed by atoms with Gasteiger partial charge in [-0.2, -0.15) is 23.4 Å². The van der Waals surface area contributed by atoms with E-state index in [2.05, 4.69) is 20.5 Å². The molecule has 166 valence electrons. The number of carbonyl (C=O) groups is 2. The number of nitrogens with zero attached hydrogens (tertiary/aromatic N) is 5. The molecular weight excluding hydrogens is 449 g/mol. The highest BCUT2D eigenvalue weighted by Gasteiger charge is 2.36. The van der Waals surface area contributed by atoms with Crippen molar-refractivity contribution < 1.29 is 27.9 Å². The Hall–Kier alpha value is -3.74. The van der Waals surface area contributed by atoms with E-state index in [9.17, 15) is 27.9 Å². The highest BCUT2D eigenvalue weighted by molar-refractivity contribution is 7.15. The van der Waals surface area contributed by atoms with Crippen LogP contribution in [-0.2, 0) is 19.6 Å². The lowest BCUT2D eigenvalue weighted by Crippen LogP contribution is -2.16. The van der Waals surface area contributed by atoms with Gasteiger partial charge in [0.2, 0.25) is 0 Å². The van der Waals surface area contributed by atoms with Crippen molar-refractivity contribution in [3.8, 4) is 10.6 Å². The van der Waals surface area contributed by atoms with Crippen molar-refractivity contribution >= 4 is 34.5 Å². The summed E-state index contributed by atoms with van der Waals surface area (Å²) in [7, 11) is 1.46. The highest BCUT2D eigenvalue weighted by atomic mass is 32.1. The third-order valence-corrected chi connectivity index (χ3v) is 5.80. The van der Waals surface area contributed by atoms with Crippen LogP contribution in [0.25, 0.3) is 16.2 Å². The lowest BCUT2D eigenvalue weighted by atomic mass is 10.2. The van der Waals surface area contributed by atoms with Gasteiger partial charge >= 0.3 is 12.1 Å². The summed E-state index contributed by atoms with van der Waals surface area (Å²) in [5.74, 6) is -2.24. The van der Waals surface area contributed by atoms with Crippen LogP contribution in [0.15, 0.2) is 30.6 Å². The number of thiophene rings is 1. The number of amides is 1. The predicted octanol–water partition coefficient (Wildman–Crippen LogP) is 3.72. The fourth-order valence-electron chi connectivity index (χ4n) is 3.08. The van der Waals surface area contributed by atoms with Gasteiger partial charge in [0.15, 0.2) is 17.0 Å². The summed E-state index contributed by atoms with van der Waals surface area (Å²) >= 11 is 1.30. The summed E-state index contributed by atoms with van der Waals surface area (Å²) in [5, 5.41) is 19.0. The zero-order valence-electron chi connectivity index (χ0n) is 16.6. The number of nitrogens with one attached hydrogen (secondary N) is 1. The largest absolute Gasteiger partial charge is 0.476 e. The highest BCUT2D eigenvalue weighted by Crippen LogP contribution is 2.35. The molecule has 0 atom stereocenters. The minimum atomic E-state index is -4.75. The van der Waals surface area contributed by atoms with Crippen molar-refractivity contribution in [3.63, 3.8) is 0 Å². The second kappa shape index (κ2) is 7.75. The van der Waals surface area contributed by atoms with Crippen molar-refractivity contribution in [2.24, 2.45) is 7.05 Å². The van der Waals surface area contributed by atoms with Crippen LogP contribution in [0.3, 0.4) is 0 Å². The minimum absolute atomic E-state index is 0.0525. The lowest BCUT2D eigenvalue weighted by Gasteiger charge is -2.11. The first-order chi connectivity index (χ1) is 15.1. The Morgan fingerprint density at radius 2 is 2.03 bits per heavy atom. The van der Waals surface area contributed by atoms with Crippen LogP contribution in [-0.4, -0.2) is 41.4 Å². The molecule has 4 heterocycles. The Morgan fingerprint density at radius 3 is 2.66 bits per heavy atom. The van der Waals surface area contributed by atoms with Crippen molar-refractivity contribution in [1.82, 2.24) is 24.4 Å². The smallest absolute Gasteiger partial charge is 0.433 e. The molecule has 9 nitrogen and oxygen atoms in total. The maximum Gasteiger partial charge on any atom is 0.433 e. The maximum atomic E-state index is 13.7. The van der Waals surface area contributed by atoms with E-state index in [4.69, 9.17) is 0 Å². The number of aromatic nitrogens is 5. The first kappa shape index (κ1) is 21.5. The zero-order valence-corrected chi connectivity index (χ0v) is 17.5. The molecular formula is C19H15F3N6O3S. The fraction of sp³-hybridized carbons (Fsp3) is 0.211. The van der Waals surface area contributed by atoms with E-state index in [-0.39, 0.29) is 22.6 Å². The summed E-state index contributed by atoms with van der Waals surface area (Å²) in [6.07, 6.45) is -1.80. The van der Waals surface area contributed by atoms with Crippen LogP contribution >= 0.6 is 11.3 Å². The normalized spacial score (nSPS) is 11.8. The molecule has 0 saturated heterocycles. The number of anilines is 1. The number of rotatable bonds is 5. The number of carboxylic acids is 1. The van der Waals surface area contributed by atoms with Gasteiger partial charge in [-0.05, 0) is 24.6 Å². The average molecular weight is 464 g/mol. The molecule has 32 heavy (non-hydrogen) atoms. The standard InChI is InChI=1S/C19H15F3N6O3S/c1-3-9-4-5-13(32-9)11-6-14(19(20,21)22)28-16(24-11)10(7-23-28)17(29)25-12-8-27(2)26-15(12)18(30)31/h4-8H,3H2,1-2H3,(H,25,29)(H,30,31). The first-order valence-electron chi connectivity index (χ1n) is 9.21. The summed E-state index contributed by atoms with van der Waals surface area (Å²) in [6.45, 7) is 1.93. The Bertz CT molecular complexity index is 1350. The Labute approximate surface area is 182 Å². The summed E-state index contributed by atoms with van der Waals surface area (Å²) in [6, 6.07) is 4.36. The molecule has 0 aliphatic carbocycles. The maximum absolute atomic E-state index is 13.7. The molecule has 0 saturated carbocycles. The van der Waals surface area contributed by atoms with E-state index in [0.717, 1.165) is 23.6 Å². The quantitative estimate of drug-likeness (QED) is 0.465. The number of carboxylic acid groups (broad SMARTS) is 1. The van der Waals surface area contributed by atoms with Crippen molar-refractivity contribution in [2.45, 2.75) is 19.5 Å². The number of aromatic carboxylic acids is 1. The third kappa shape index (κ3) is 3.82. The number of aryl methyl sites for hydroxylation is 2. The van der Waals surface area contributed by atoms with Gasteiger partial charge in [0.05, 0.1) is 22.5 Å². The van der Waals surface area contributed by atoms with E-state index in [1.54, 1.807) is 12.1 Å². The number of halogens is 3. The van der Waals surface area contributed by atoms with Crippen LogP contribution in [0, 0.1) is 0 Å². The predicted molar refractivity (Wildman–Crippen MR) is 109 cm³/mol. The van der Waals surface area contributed by atoms with Crippen LogP contribution < -0.4 is 5.32 Å². The molecule has 0 unspecified atom stereocenters. The van der Waals surface area contributed by atoms with E-state index < -0.39 is 29.4 Å². The number of hydrogen-bond acceptors (Lipinski definition) is 6. The molecule has 1 amide bonds. The SMILES string of the molecule is CCc1ccc(-c2cc(C(F)(F)F)n3ncc(C(=O)Nc4cn(C)nc4C(=O)O)c3n2)s1. The minimum Gasteiger partial charge on any atom is -0.476 e. The first-order valence-corrected chi connectivity index (χ1v) is 10.0. The Morgan fingerprint density at radius 1 is 1.28 bits per heavy atom. The van der Waals surface area contributed by atoms with Gasteiger partial charge in [-0.25, -0.2) is 14.3 Å². The van der Waals surface area contributed by atoms with Crippen molar-refractivity contribution in [1.29, 1.82) is 0 Å². The monoisotopic (exact) mass is 464 g/mol. The second-order valence-corrected chi connectivity index (χ2v) is 7.93. The third-order valence-electron chi connectivity index (χ3n) is 4.55. The van der Waals surface area contributed by atoms with E-state index >= 15 is 0 Å². The molecule has 4 aromatic heterocycles. The van der Waals surface area contributed by atoms with Gasteiger partial charge in [-0.15, -0.1) is 11.3 Å². The summed E-state index contributed by atoms with van der Waals surface area (Å²) in [4.78, 5) is 29.9. The Balaban J connectivity index is 1.83. The van der Waals surface area contributed by atoms with Gasteiger partial charge in [-0.3, -0.25) is 9.48 Å². The van der Waals surface area contributed by atoms with Crippen LogP contribution in [0.5, 0.6) is 0 Å². The fourth-order valence-corrected chi connectivity index (χ4v) is 3.99. The van der Waals surface area contributed by atoms with Crippen LogP contribution in [0.2, 0.25) is 0 Å². The molecule has 0 aliphatic rings. The van der Waals surface area contributed by atoms with Crippen molar-refractivity contribution in [2.75, 3.05) is 5.32 Å². The number of alkyl halides is 3. The van der Waals surface area contributed by atoms with Gasteiger partial charge in [0.1, 0.15) is 5.56 Å². The number of carbonyl (C=O) groups excluding carboxylic acids is 1. The Kier molecular flexibility index (Phi) is 5.20. The van der Waals surface area contributed by atoms with E-state index in [1.165, 1.54) is 29.3 Å². The van der Waals surface area contributed by atoms with Gasteiger partial charge in [0, 0.05) is 18.1 Å². The summed E-state index contributed by atoms with van der Waals surface area (Å²) < 4.78 is 42.9. The molecule has 0 aromatic carbocycles. The van der Waals surface area contributed by atoms with Gasteiger partial charge in [0.25, 0.3) is 5.91 Å². The average Bonchev–Trinajstić information content (AvgIpc) is 3.43. The lowest BCUT2D eigenvalue weighted by molar-refractivity contribution is -0.142. The van der Waals surface area contributed by atoms with Crippen LogP contribution in [0.1, 0.15) is 38.3 Å². The molecule has 0 radical (unpaired) electrons. The molecule has 2 N–H and O–H groups in total. The molecule has 0 fully saturated rings. The molecule has 4 rings (SSSR count). The number of hydrogen-bond donors (Lipinski definition) is 2. The molecule has 13 heteroatoms.